The van der Waals surface area contributed by atoms with Crippen LogP contribution < -0.4 is 66.1 Å². The van der Waals surface area contributed by atoms with Crippen molar-refractivity contribution in [2.45, 2.75) is 72.6 Å². The fourth-order valence-electron chi connectivity index (χ4n) is 17.3. The minimum absolute atomic E-state index is 0. The first kappa shape index (κ1) is 71.0. The molecule has 0 fully saturated rings. The van der Waals surface area contributed by atoms with Crippen LogP contribution >= 0.6 is 31.9 Å². The number of benzene rings is 14. The first-order valence-electron chi connectivity index (χ1n) is 36.1. The first-order valence-corrected chi connectivity index (χ1v) is 41.0. The number of hydrogen-bond acceptors (Lipinski definition) is 5. The highest BCUT2D eigenvalue weighted by molar-refractivity contribution is 9.11. The second kappa shape index (κ2) is 29.0. The molecular formula is C96H86Br2FN3O2Si2. The maximum atomic E-state index is 9.96. The molecular weight excluding hydrogens is 1460 g/mol. The average molecular weight is 1550 g/mol. The first-order chi connectivity index (χ1) is 51.2. The molecule has 10 heteroatoms. The van der Waals surface area contributed by atoms with Gasteiger partial charge in [0.05, 0.1) is 51.6 Å². The van der Waals surface area contributed by atoms with E-state index in [9.17, 15) is 4.39 Å². The predicted molar refractivity (Wildman–Crippen MR) is 458 cm³/mol. The Bertz CT molecular complexity index is 5150. The predicted octanol–water partition coefficient (Wildman–Crippen LogP) is 22.0. The second-order valence-corrected chi connectivity index (χ2v) is 37.7. The number of hydrogen-bond donors (Lipinski definition) is 1. The van der Waals surface area contributed by atoms with Crippen molar-refractivity contribution in [3.8, 4) is 23.0 Å². The van der Waals surface area contributed by atoms with Crippen LogP contribution in [0.2, 0.25) is 0 Å². The standard InChI is InChI=1S/C54H44N2OSi.C24H16Br2OSi.C15H15N.CH3F.2CH4/c1-53(2)39-25-11-15-29-43(39)55(44-30-16-12-26-40(44)53)47-33-19-35-49-51(47)57-52-48(56-45-31-17-13-27-41(45)54(3,4)42-28-14-18-32-46(42)56)34-20-36-50(52)58(49,37-21-7-5-8-22-37)38-23-9-6-10-24-38;25-19-13-7-15-21-23(19)27-24-20(26)14-8-16-22(24)28(21,17-9-3-1-4-10-17)18-11-5-2-6-12-18;1-15(2)11-7-3-5-9-13(11)16-14-10-6-4-8-12(14)15;1-2;;/h5-36H,1-4H3;1-16H;3-10,16H,1-2H3;1H3;2*1H4/i;;;1D;;. The van der Waals surface area contributed by atoms with Crippen LogP contribution in [0.3, 0.4) is 0 Å². The lowest BCUT2D eigenvalue weighted by Gasteiger charge is -2.46. The summed E-state index contributed by atoms with van der Waals surface area (Å²) in [5.74, 6) is 3.65. The van der Waals surface area contributed by atoms with Crippen molar-refractivity contribution < 1.29 is 15.2 Å². The van der Waals surface area contributed by atoms with Gasteiger partial charge in [-0.2, -0.15) is 0 Å². The molecule has 0 bridgehead atoms. The number of rotatable bonds is 6. The number of para-hydroxylation sites is 10. The van der Waals surface area contributed by atoms with Gasteiger partial charge in [0, 0.05) is 27.6 Å². The van der Waals surface area contributed by atoms with Crippen molar-refractivity contribution in [2.24, 2.45) is 0 Å². The normalized spacial score (nSPS) is 15.0. The minimum Gasteiger partial charge on any atom is -0.455 e. The molecule has 5 aliphatic rings. The highest BCUT2D eigenvalue weighted by Gasteiger charge is 2.52. The fourth-order valence-corrected chi connectivity index (χ4v) is 28.5. The Labute approximate surface area is 645 Å². The van der Waals surface area contributed by atoms with E-state index in [1.54, 1.807) is 0 Å². The molecule has 14 aromatic rings. The van der Waals surface area contributed by atoms with Gasteiger partial charge in [-0.3, -0.25) is 4.39 Å². The quantitative estimate of drug-likeness (QED) is 0.168. The van der Waals surface area contributed by atoms with Crippen molar-refractivity contribution in [3.05, 3.63) is 382 Å². The van der Waals surface area contributed by atoms with E-state index >= 15 is 0 Å². The zero-order valence-electron chi connectivity index (χ0n) is 59.9. The summed E-state index contributed by atoms with van der Waals surface area (Å²) in [5.41, 5.74) is 16.9. The molecule has 5 nitrogen and oxygen atoms in total. The van der Waals surface area contributed by atoms with Gasteiger partial charge in [-0.05, 0) is 167 Å². The molecule has 5 aliphatic heterocycles. The van der Waals surface area contributed by atoms with E-state index in [1.807, 2.05) is 0 Å². The molecule has 0 atom stereocenters. The highest BCUT2D eigenvalue weighted by atomic mass is 79.9. The Morgan fingerprint density at radius 2 is 0.519 bits per heavy atom. The van der Waals surface area contributed by atoms with Crippen LogP contribution in [0.5, 0.6) is 23.0 Å². The molecule has 106 heavy (non-hydrogen) atoms. The smallest absolute Gasteiger partial charge is 0.188 e. The van der Waals surface area contributed by atoms with Gasteiger partial charge >= 0.3 is 0 Å². The van der Waals surface area contributed by atoms with Crippen molar-refractivity contribution in [2.75, 3.05) is 22.3 Å². The Balaban J connectivity index is 0.000000161. The molecule has 5 heterocycles. The lowest BCUT2D eigenvalue weighted by atomic mass is 9.73. The summed E-state index contributed by atoms with van der Waals surface area (Å²) in [4.78, 5) is 4.93. The molecule has 19 rings (SSSR count). The Kier molecular flexibility index (Phi) is 19.5. The van der Waals surface area contributed by atoms with Gasteiger partial charge in [0.15, 0.2) is 27.6 Å². The minimum atomic E-state index is -3.07. The molecule has 526 valence electrons. The summed E-state index contributed by atoms with van der Waals surface area (Å²) in [7, 11) is -6.59. The fraction of sp³-hybridized carbons (Fsp3) is 0.125. The van der Waals surface area contributed by atoms with Crippen molar-refractivity contribution >= 4 is 135 Å². The van der Waals surface area contributed by atoms with Gasteiger partial charge in [-0.25, -0.2) is 0 Å². The van der Waals surface area contributed by atoms with E-state index in [-0.39, 0.29) is 31.1 Å². The zero-order valence-corrected chi connectivity index (χ0v) is 64.1. The Morgan fingerprint density at radius 3 is 0.830 bits per heavy atom. The number of nitrogens with zero attached hydrogens (tertiary/aromatic N) is 2. The molecule has 0 aliphatic carbocycles. The van der Waals surface area contributed by atoms with E-state index in [0.29, 0.717) is 0 Å². The maximum absolute atomic E-state index is 9.96. The van der Waals surface area contributed by atoms with Crippen LogP contribution in [0, 0.1) is 0 Å². The number of fused-ring (bicyclic) bond motifs is 10. The molecule has 0 amide bonds. The molecule has 0 spiro atoms. The molecule has 0 radical (unpaired) electrons. The van der Waals surface area contributed by atoms with Crippen LogP contribution in [0.15, 0.2) is 349 Å². The van der Waals surface area contributed by atoms with Crippen LogP contribution in [-0.2, 0) is 16.2 Å². The SMILES string of the molecule is Brc1cccc2c1Oc1c(Br)cccc1[Si]2(c1ccccc1)c1ccccc1.C.C.CC1(C)c2ccccc2N(c2cccc3c2Oc2c(N4c5ccccc5C(C)(C)c5ccccc54)cccc2[Si]3(c2ccccc2)c2ccccc2)c2ccccc21.CC1(C)c2ccccc2Nc2ccccc21.[2H]CF. The summed E-state index contributed by atoms with van der Waals surface area (Å²) in [5, 5.41) is 13.9. The van der Waals surface area contributed by atoms with Gasteiger partial charge in [-0.15, -0.1) is 0 Å². The third-order valence-electron chi connectivity index (χ3n) is 22.0. The zero-order chi connectivity index (χ0) is 72.2. The molecule has 0 unspecified atom stereocenters. The number of ether oxygens (including phenoxy) is 2. The number of anilines is 8. The third kappa shape index (κ3) is 11.5. The van der Waals surface area contributed by atoms with Crippen LogP contribution in [0.1, 0.15) is 91.1 Å². The van der Waals surface area contributed by atoms with Crippen LogP contribution in [-0.4, -0.2) is 23.3 Å². The maximum Gasteiger partial charge on any atom is 0.188 e. The molecule has 0 aromatic heterocycles. The van der Waals surface area contributed by atoms with Gasteiger partial charge in [0.25, 0.3) is 0 Å². The summed E-state index contributed by atoms with van der Waals surface area (Å²) in [6.07, 6.45) is 0. The van der Waals surface area contributed by atoms with Gasteiger partial charge in [0.1, 0.15) is 11.5 Å². The lowest BCUT2D eigenvalue weighted by Crippen LogP contribution is -2.76. The molecule has 14 aromatic carbocycles. The monoisotopic (exact) mass is 1550 g/mol. The summed E-state index contributed by atoms with van der Waals surface area (Å²) < 4.78 is 31.7. The van der Waals surface area contributed by atoms with Crippen LogP contribution in [0.25, 0.3) is 0 Å². The van der Waals surface area contributed by atoms with Crippen molar-refractivity contribution in [1.29, 1.82) is 0 Å². The molecule has 0 saturated carbocycles. The van der Waals surface area contributed by atoms with E-state index in [1.165, 1.54) is 109 Å². The van der Waals surface area contributed by atoms with E-state index in [2.05, 4.69) is 428 Å². The van der Waals surface area contributed by atoms with E-state index in [4.69, 9.17) is 10.8 Å². The molecule has 0 saturated heterocycles. The highest BCUT2D eigenvalue weighted by Crippen LogP contribution is 2.57. The largest absolute Gasteiger partial charge is 0.455 e. The lowest BCUT2D eigenvalue weighted by molar-refractivity contribution is 0.481. The Morgan fingerprint density at radius 1 is 0.292 bits per heavy atom. The van der Waals surface area contributed by atoms with Crippen LogP contribution in [0.4, 0.5) is 49.9 Å². The topological polar surface area (TPSA) is 37.0 Å². The second-order valence-electron chi connectivity index (χ2n) is 28.5. The van der Waals surface area contributed by atoms with E-state index in [0.717, 1.165) is 43.3 Å². The van der Waals surface area contributed by atoms with Crippen molar-refractivity contribution in [1.82, 2.24) is 0 Å². The van der Waals surface area contributed by atoms with Gasteiger partial charge in [-0.1, -0.05) is 335 Å². The summed E-state index contributed by atoms with van der Waals surface area (Å²) in [6.45, 7) is 14.0. The Hall–Kier alpha value is -10.6. The average Bonchev–Trinajstić information content (AvgIpc) is 0.690. The van der Waals surface area contributed by atoms with E-state index < -0.39 is 23.3 Å². The van der Waals surface area contributed by atoms with Gasteiger partial charge in [0.2, 0.25) is 0 Å². The number of nitrogens with one attached hydrogen (secondary N) is 1. The van der Waals surface area contributed by atoms with Gasteiger partial charge < -0.3 is 24.6 Å². The summed E-state index contributed by atoms with van der Waals surface area (Å²) >= 11 is 7.47. The summed E-state index contributed by atoms with van der Waals surface area (Å²) in [6, 6.07) is 123. The number of alkyl halides is 1. The van der Waals surface area contributed by atoms with Crippen molar-refractivity contribution in [3.63, 3.8) is 0 Å². The third-order valence-corrected chi connectivity index (χ3v) is 32.9. The number of halogens is 3. The molecule has 1 N–H and O–H groups in total.